The molecule has 100 valence electrons. The van der Waals surface area contributed by atoms with Crippen LogP contribution in [0, 0.1) is 23.2 Å². The fraction of sp³-hybridized carbons (Fsp3) is 0.714. The van der Waals surface area contributed by atoms with E-state index in [2.05, 4.69) is 30.8 Å². The Balaban J connectivity index is 1.86. The molecule has 2 saturated carbocycles. The van der Waals surface area contributed by atoms with E-state index >= 15 is 0 Å². The first-order valence-electron chi connectivity index (χ1n) is 6.58. The first kappa shape index (κ1) is 13.1. The van der Waals surface area contributed by atoms with Crippen molar-refractivity contribution >= 4 is 11.8 Å². The van der Waals surface area contributed by atoms with Crippen LogP contribution in [-0.4, -0.2) is 11.8 Å². The maximum absolute atomic E-state index is 12.0. The minimum absolute atomic E-state index is 0.00827. The van der Waals surface area contributed by atoms with Gasteiger partial charge >= 0.3 is 0 Å². The van der Waals surface area contributed by atoms with Crippen LogP contribution in [0.15, 0.2) is 11.6 Å². The molecule has 2 aliphatic rings. The number of hydrogen-bond donors (Lipinski definition) is 2. The Morgan fingerprint density at radius 3 is 2.17 bits per heavy atom. The summed E-state index contributed by atoms with van der Waals surface area (Å²) in [7, 11) is 0. The number of hydrogen-bond acceptors (Lipinski definition) is 2. The van der Waals surface area contributed by atoms with Gasteiger partial charge in [-0.3, -0.25) is 20.4 Å². The van der Waals surface area contributed by atoms with Gasteiger partial charge in [-0.2, -0.15) is 0 Å². The molecule has 0 heterocycles. The Kier molecular flexibility index (Phi) is 3.21. The van der Waals surface area contributed by atoms with Gasteiger partial charge in [0.15, 0.2) is 0 Å². The van der Waals surface area contributed by atoms with Crippen LogP contribution in [0.3, 0.4) is 0 Å². The number of allylic oxidation sites excluding steroid dienone is 2. The monoisotopic (exact) mass is 250 g/mol. The number of nitrogens with one attached hydrogen (secondary N) is 2. The third kappa shape index (κ3) is 2.57. The quantitative estimate of drug-likeness (QED) is 0.592. The molecule has 4 nitrogen and oxygen atoms in total. The maximum Gasteiger partial charge on any atom is 0.242 e. The van der Waals surface area contributed by atoms with E-state index in [4.69, 9.17) is 0 Å². The largest absolute Gasteiger partial charge is 0.273 e. The van der Waals surface area contributed by atoms with Crippen LogP contribution < -0.4 is 10.9 Å². The maximum atomic E-state index is 12.0. The molecule has 0 aromatic heterocycles. The number of hydrazine groups is 1. The molecule has 0 saturated heterocycles. The second-order valence-electron chi connectivity index (χ2n) is 6.32. The van der Waals surface area contributed by atoms with Crippen molar-refractivity contribution < 1.29 is 9.59 Å². The highest BCUT2D eigenvalue weighted by Crippen LogP contribution is 2.59. The zero-order chi connectivity index (χ0) is 13.5. The SMILES string of the molecule is CC(C)=C[C@@H]1[C@@H](C(=O)NNC(=O)C2CC2)C1(C)C. The van der Waals surface area contributed by atoms with Gasteiger partial charge in [0.2, 0.25) is 11.8 Å². The molecule has 2 rings (SSSR count). The molecule has 0 spiro atoms. The van der Waals surface area contributed by atoms with Crippen LogP contribution in [0.5, 0.6) is 0 Å². The third-order valence-corrected chi connectivity index (χ3v) is 3.96. The fourth-order valence-corrected chi connectivity index (χ4v) is 2.50. The molecule has 0 bridgehead atoms. The van der Waals surface area contributed by atoms with Gasteiger partial charge in [-0.25, -0.2) is 0 Å². The second-order valence-corrected chi connectivity index (χ2v) is 6.32. The van der Waals surface area contributed by atoms with Gasteiger partial charge in [0.25, 0.3) is 0 Å². The number of rotatable bonds is 3. The summed E-state index contributed by atoms with van der Waals surface area (Å²) in [4.78, 5) is 23.4. The minimum Gasteiger partial charge on any atom is -0.273 e. The Bertz CT molecular complexity index is 404. The Hall–Kier alpha value is -1.32. The highest BCUT2D eigenvalue weighted by Gasteiger charge is 2.60. The van der Waals surface area contributed by atoms with Crippen molar-refractivity contribution in [2.75, 3.05) is 0 Å². The molecular weight excluding hydrogens is 228 g/mol. The predicted octanol–water partition coefficient (Wildman–Crippen LogP) is 1.78. The van der Waals surface area contributed by atoms with E-state index in [1.807, 2.05) is 13.8 Å². The van der Waals surface area contributed by atoms with E-state index in [1.165, 1.54) is 5.57 Å². The van der Waals surface area contributed by atoms with E-state index in [0.717, 1.165) is 12.8 Å². The van der Waals surface area contributed by atoms with Crippen LogP contribution in [0.25, 0.3) is 0 Å². The van der Waals surface area contributed by atoms with Crippen molar-refractivity contribution in [3.8, 4) is 0 Å². The molecule has 4 heteroatoms. The predicted molar refractivity (Wildman–Crippen MR) is 69.2 cm³/mol. The first-order valence-corrected chi connectivity index (χ1v) is 6.58. The average Bonchev–Trinajstić information content (AvgIpc) is 3.13. The molecule has 0 unspecified atom stereocenters. The number of amides is 2. The molecule has 0 aromatic carbocycles. The van der Waals surface area contributed by atoms with Crippen LogP contribution in [-0.2, 0) is 9.59 Å². The molecule has 18 heavy (non-hydrogen) atoms. The van der Waals surface area contributed by atoms with Gasteiger partial charge in [0.1, 0.15) is 0 Å². The van der Waals surface area contributed by atoms with E-state index in [1.54, 1.807) is 0 Å². The van der Waals surface area contributed by atoms with Crippen molar-refractivity contribution in [3.05, 3.63) is 11.6 Å². The van der Waals surface area contributed by atoms with Gasteiger partial charge in [-0.1, -0.05) is 25.5 Å². The molecule has 2 aliphatic carbocycles. The lowest BCUT2D eigenvalue weighted by Gasteiger charge is -2.07. The van der Waals surface area contributed by atoms with E-state index in [9.17, 15) is 9.59 Å². The molecule has 0 aromatic rings. The van der Waals surface area contributed by atoms with Gasteiger partial charge in [0.05, 0.1) is 5.92 Å². The zero-order valence-electron chi connectivity index (χ0n) is 11.5. The number of carbonyl (C=O) groups excluding carboxylic acids is 2. The van der Waals surface area contributed by atoms with Crippen LogP contribution in [0.4, 0.5) is 0 Å². The summed E-state index contributed by atoms with van der Waals surface area (Å²) in [5.74, 6) is 0.232. The second kappa shape index (κ2) is 4.41. The molecular formula is C14H22N2O2. The first-order chi connectivity index (χ1) is 8.34. The Morgan fingerprint density at radius 1 is 1.11 bits per heavy atom. The van der Waals surface area contributed by atoms with Crippen LogP contribution in [0.2, 0.25) is 0 Å². The normalized spacial score (nSPS) is 28.2. The van der Waals surface area contributed by atoms with Gasteiger partial charge in [0, 0.05) is 5.92 Å². The zero-order valence-corrected chi connectivity index (χ0v) is 11.5. The summed E-state index contributed by atoms with van der Waals surface area (Å²) < 4.78 is 0. The topological polar surface area (TPSA) is 58.2 Å². The Morgan fingerprint density at radius 2 is 1.67 bits per heavy atom. The highest BCUT2D eigenvalue weighted by molar-refractivity contribution is 5.87. The van der Waals surface area contributed by atoms with E-state index in [-0.39, 0.29) is 35.0 Å². The summed E-state index contributed by atoms with van der Waals surface area (Å²) in [5.41, 5.74) is 6.29. The highest BCUT2D eigenvalue weighted by atomic mass is 16.2. The smallest absolute Gasteiger partial charge is 0.242 e. The van der Waals surface area contributed by atoms with Crippen molar-refractivity contribution in [3.63, 3.8) is 0 Å². The summed E-state index contributed by atoms with van der Waals surface area (Å²) in [6.45, 7) is 8.25. The molecule has 2 amide bonds. The fourth-order valence-electron chi connectivity index (χ4n) is 2.50. The minimum atomic E-state index is -0.0727. The summed E-state index contributed by atoms with van der Waals surface area (Å²) >= 11 is 0. The van der Waals surface area contributed by atoms with Crippen LogP contribution >= 0.6 is 0 Å². The van der Waals surface area contributed by atoms with Crippen molar-refractivity contribution in [1.82, 2.24) is 10.9 Å². The Labute approximate surface area is 108 Å². The van der Waals surface area contributed by atoms with Crippen LogP contribution in [0.1, 0.15) is 40.5 Å². The van der Waals surface area contributed by atoms with Gasteiger partial charge in [-0.15, -0.1) is 0 Å². The average molecular weight is 250 g/mol. The molecule has 2 atom stereocenters. The molecule has 2 fully saturated rings. The molecule has 2 N–H and O–H groups in total. The van der Waals surface area contributed by atoms with Gasteiger partial charge < -0.3 is 0 Å². The summed E-state index contributed by atoms with van der Waals surface area (Å²) in [6, 6.07) is 0. The molecule has 0 radical (unpaired) electrons. The van der Waals surface area contributed by atoms with E-state index in [0.29, 0.717) is 0 Å². The summed E-state index contributed by atoms with van der Waals surface area (Å²) in [6.07, 6.45) is 4.03. The standard InChI is InChI=1S/C14H22N2O2/c1-8(2)7-10-11(14(10,3)4)13(18)16-15-12(17)9-5-6-9/h7,9-11H,5-6H2,1-4H3,(H,15,17)(H,16,18)/t10-,11+/m1/s1. The number of carbonyl (C=O) groups is 2. The lowest BCUT2D eigenvalue weighted by molar-refractivity contribution is -0.130. The van der Waals surface area contributed by atoms with Crippen molar-refractivity contribution in [2.24, 2.45) is 23.2 Å². The third-order valence-electron chi connectivity index (χ3n) is 3.96. The lowest BCUT2D eigenvalue weighted by Crippen LogP contribution is -2.43. The summed E-state index contributed by atoms with van der Waals surface area (Å²) in [5, 5.41) is 0. The lowest BCUT2D eigenvalue weighted by atomic mass is 10.1. The molecule has 0 aliphatic heterocycles. The van der Waals surface area contributed by atoms with Crippen molar-refractivity contribution in [2.45, 2.75) is 40.5 Å². The van der Waals surface area contributed by atoms with E-state index < -0.39 is 0 Å². The van der Waals surface area contributed by atoms with Crippen molar-refractivity contribution in [1.29, 1.82) is 0 Å². The van der Waals surface area contributed by atoms with Gasteiger partial charge in [-0.05, 0) is 38.0 Å².